The maximum atomic E-state index is 5.79. The highest BCUT2D eigenvalue weighted by molar-refractivity contribution is 5.71. The largest absolute Gasteiger partial charge is 0.398 e. The first-order valence-corrected chi connectivity index (χ1v) is 4.05. The molecule has 0 atom stereocenters. The third-order valence-electron chi connectivity index (χ3n) is 1.84. The van der Waals surface area contributed by atoms with Crippen molar-refractivity contribution in [3.05, 3.63) is 42.9 Å². The molecule has 2 rings (SSSR count). The first-order valence-electron chi connectivity index (χ1n) is 4.05. The summed E-state index contributed by atoms with van der Waals surface area (Å²) >= 11 is 0. The fourth-order valence-corrected chi connectivity index (χ4v) is 1.19. The second kappa shape index (κ2) is 3.23. The normalized spacial score (nSPS) is 9.85. The van der Waals surface area contributed by atoms with E-state index in [-0.39, 0.29) is 0 Å². The topological polar surface area (TPSA) is 53.0 Å². The van der Waals surface area contributed by atoms with Crippen LogP contribution < -0.4 is 10.7 Å². The lowest BCUT2D eigenvalue weighted by atomic mass is 10.1. The molecule has 13 heavy (non-hydrogen) atoms. The highest BCUT2D eigenvalue weighted by Gasteiger charge is 2.04. The monoisotopic (exact) mass is 172 g/mol. The minimum Gasteiger partial charge on any atom is -0.398 e. The van der Waals surface area contributed by atoms with Gasteiger partial charge in [0, 0.05) is 12.3 Å². The summed E-state index contributed by atoms with van der Waals surface area (Å²) < 4.78 is 0. The van der Waals surface area contributed by atoms with E-state index in [0.717, 1.165) is 16.9 Å². The molecule has 0 aliphatic heterocycles. The van der Waals surface area contributed by atoms with Gasteiger partial charge in [-0.1, -0.05) is 6.07 Å². The van der Waals surface area contributed by atoms with E-state index in [1.807, 2.05) is 30.5 Å². The standard InChI is InChI=1S/C10H9N3/c11-9-4-6-12-7-8(9)10-3-1-2-5-13-10/h1-7H,(H2,11,12)/p+1. The summed E-state index contributed by atoms with van der Waals surface area (Å²) in [6, 6.07) is 7.57. The number of rotatable bonds is 1. The Morgan fingerprint density at radius 3 is 2.85 bits per heavy atom. The molecule has 2 aromatic rings. The molecule has 0 saturated carbocycles. The minimum absolute atomic E-state index is 0.734. The summed E-state index contributed by atoms with van der Waals surface area (Å²) in [5.41, 5.74) is 8.35. The number of anilines is 1. The number of nitrogens with two attached hydrogens (primary N) is 1. The third kappa shape index (κ3) is 1.49. The number of nitrogen functional groups attached to an aromatic ring is 1. The van der Waals surface area contributed by atoms with Gasteiger partial charge in [-0.05, 0) is 12.1 Å². The van der Waals surface area contributed by atoms with Gasteiger partial charge in [-0.25, -0.2) is 4.98 Å². The van der Waals surface area contributed by atoms with E-state index < -0.39 is 0 Å². The van der Waals surface area contributed by atoms with Crippen molar-refractivity contribution >= 4 is 5.69 Å². The van der Waals surface area contributed by atoms with E-state index in [4.69, 9.17) is 5.73 Å². The zero-order chi connectivity index (χ0) is 9.10. The number of nitrogens with zero attached hydrogens (tertiary/aromatic N) is 1. The number of H-pyrrole nitrogens is 1. The Balaban J connectivity index is 2.54. The van der Waals surface area contributed by atoms with Gasteiger partial charge in [0.25, 0.3) is 0 Å². The van der Waals surface area contributed by atoms with Crippen LogP contribution in [-0.4, -0.2) is 4.98 Å². The Bertz CT molecular complexity index is 398. The summed E-state index contributed by atoms with van der Waals surface area (Å²) in [6.07, 6.45) is 5.39. The van der Waals surface area contributed by atoms with Crippen LogP contribution in [-0.2, 0) is 0 Å². The molecule has 0 aliphatic rings. The molecular formula is C10H10N3+. The summed E-state index contributed by atoms with van der Waals surface area (Å²) in [4.78, 5) is 7.19. The second-order valence-corrected chi connectivity index (χ2v) is 2.73. The molecule has 3 N–H and O–H groups in total. The van der Waals surface area contributed by atoms with Crippen LogP contribution in [0.5, 0.6) is 0 Å². The SMILES string of the molecule is Nc1cc[nH+]cc1-c1ccccn1. The van der Waals surface area contributed by atoms with Gasteiger partial charge >= 0.3 is 0 Å². The lowest BCUT2D eigenvalue weighted by Gasteiger charge is -1.99. The van der Waals surface area contributed by atoms with E-state index in [1.54, 1.807) is 12.4 Å². The van der Waals surface area contributed by atoms with Crippen molar-refractivity contribution in [2.75, 3.05) is 5.73 Å². The van der Waals surface area contributed by atoms with E-state index in [2.05, 4.69) is 9.97 Å². The van der Waals surface area contributed by atoms with Gasteiger partial charge < -0.3 is 5.73 Å². The van der Waals surface area contributed by atoms with E-state index >= 15 is 0 Å². The molecule has 0 spiro atoms. The number of hydrogen-bond donors (Lipinski definition) is 1. The predicted molar refractivity (Wildman–Crippen MR) is 50.6 cm³/mol. The number of aromatic amines is 1. The van der Waals surface area contributed by atoms with Crippen LogP contribution in [0.3, 0.4) is 0 Å². The maximum Gasteiger partial charge on any atom is 0.178 e. The highest BCUT2D eigenvalue weighted by Crippen LogP contribution is 2.20. The highest BCUT2D eigenvalue weighted by atomic mass is 14.7. The summed E-state index contributed by atoms with van der Waals surface area (Å²) in [5.74, 6) is 0. The third-order valence-corrected chi connectivity index (χ3v) is 1.84. The van der Waals surface area contributed by atoms with Crippen LogP contribution in [0.25, 0.3) is 11.3 Å². The fourth-order valence-electron chi connectivity index (χ4n) is 1.19. The Hall–Kier alpha value is -1.90. The number of nitrogens with one attached hydrogen (secondary N) is 1. The maximum absolute atomic E-state index is 5.79. The second-order valence-electron chi connectivity index (χ2n) is 2.73. The van der Waals surface area contributed by atoms with Crippen LogP contribution in [0.2, 0.25) is 0 Å². The first kappa shape index (κ1) is 7.73. The lowest BCUT2D eigenvalue weighted by molar-refractivity contribution is -0.377. The Labute approximate surface area is 76.3 Å². The molecule has 2 heterocycles. The summed E-state index contributed by atoms with van der Waals surface area (Å²) in [5, 5.41) is 0. The zero-order valence-electron chi connectivity index (χ0n) is 7.07. The molecule has 0 fully saturated rings. The van der Waals surface area contributed by atoms with E-state index in [1.165, 1.54) is 0 Å². The van der Waals surface area contributed by atoms with Crippen molar-refractivity contribution in [1.82, 2.24) is 4.98 Å². The van der Waals surface area contributed by atoms with Crippen LogP contribution in [0.4, 0.5) is 5.69 Å². The number of aromatic nitrogens is 2. The van der Waals surface area contributed by atoms with Crippen LogP contribution in [0, 0.1) is 0 Å². The van der Waals surface area contributed by atoms with Gasteiger partial charge in [0.15, 0.2) is 12.4 Å². The average Bonchev–Trinajstić information content (AvgIpc) is 2.20. The van der Waals surface area contributed by atoms with Gasteiger partial charge in [0.2, 0.25) is 0 Å². The van der Waals surface area contributed by atoms with Crippen molar-refractivity contribution in [2.24, 2.45) is 0 Å². The molecule has 0 bridgehead atoms. The van der Waals surface area contributed by atoms with Crippen molar-refractivity contribution in [3.8, 4) is 11.3 Å². The predicted octanol–water partition coefficient (Wildman–Crippen LogP) is 1.14. The molecule has 3 nitrogen and oxygen atoms in total. The molecule has 0 radical (unpaired) electrons. The van der Waals surface area contributed by atoms with Gasteiger partial charge in [-0.15, -0.1) is 0 Å². The molecule has 0 unspecified atom stereocenters. The number of pyridine rings is 2. The molecule has 0 amide bonds. The Morgan fingerprint density at radius 2 is 2.15 bits per heavy atom. The molecule has 2 aromatic heterocycles. The molecule has 3 heteroatoms. The summed E-state index contributed by atoms with van der Waals surface area (Å²) in [6.45, 7) is 0. The average molecular weight is 172 g/mol. The fraction of sp³-hybridized carbons (Fsp3) is 0. The van der Waals surface area contributed by atoms with Crippen LogP contribution in [0.15, 0.2) is 42.9 Å². The minimum atomic E-state index is 0.734. The van der Waals surface area contributed by atoms with Gasteiger partial charge in [-0.3, -0.25) is 4.98 Å². The quantitative estimate of drug-likeness (QED) is 0.701. The van der Waals surface area contributed by atoms with Gasteiger partial charge in [0.1, 0.15) is 0 Å². The van der Waals surface area contributed by atoms with Crippen molar-refractivity contribution in [1.29, 1.82) is 0 Å². The molecular weight excluding hydrogens is 162 g/mol. The first-order chi connectivity index (χ1) is 6.38. The number of hydrogen-bond acceptors (Lipinski definition) is 2. The smallest absolute Gasteiger partial charge is 0.178 e. The Kier molecular flexibility index (Phi) is 1.92. The van der Waals surface area contributed by atoms with Crippen LogP contribution in [0.1, 0.15) is 0 Å². The molecule has 0 saturated heterocycles. The van der Waals surface area contributed by atoms with Gasteiger partial charge in [0.05, 0.1) is 16.9 Å². The van der Waals surface area contributed by atoms with E-state index in [9.17, 15) is 0 Å². The zero-order valence-corrected chi connectivity index (χ0v) is 7.07. The van der Waals surface area contributed by atoms with E-state index in [0.29, 0.717) is 0 Å². The van der Waals surface area contributed by atoms with Crippen molar-refractivity contribution in [2.45, 2.75) is 0 Å². The van der Waals surface area contributed by atoms with Crippen LogP contribution >= 0.6 is 0 Å². The van der Waals surface area contributed by atoms with Crippen molar-refractivity contribution in [3.63, 3.8) is 0 Å². The molecule has 0 aliphatic carbocycles. The van der Waals surface area contributed by atoms with Gasteiger partial charge in [-0.2, -0.15) is 0 Å². The molecule has 0 aromatic carbocycles. The molecule has 64 valence electrons. The lowest BCUT2D eigenvalue weighted by Crippen LogP contribution is -2.03. The Morgan fingerprint density at radius 1 is 1.23 bits per heavy atom. The summed E-state index contributed by atoms with van der Waals surface area (Å²) in [7, 11) is 0. The van der Waals surface area contributed by atoms with Crippen molar-refractivity contribution < 1.29 is 4.98 Å².